The molecule has 0 bridgehead atoms. The highest BCUT2D eigenvalue weighted by Gasteiger charge is 2.22. The second-order valence-electron chi connectivity index (χ2n) is 4.18. The summed E-state index contributed by atoms with van der Waals surface area (Å²) < 4.78 is 0. The second-order valence-corrected chi connectivity index (χ2v) is 4.18. The highest BCUT2D eigenvalue weighted by molar-refractivity contribution is 5.92. The quantitative estimate of drug-likeness (QED) is 0.839. The Kier molecular flexibility index (Phi) is 3.56. The van der Waals surface area contributed by atoms with Crippen molar-refractivity contribution >= 4 is 11.7 Å². The summed E-state index contributed by atoms with van der Waals surface area (Å²) in [5.74, 6) is 0.717. The lowest BCUT2D eigenvalue weighted by atomic mass is 10.3. The molecule has 1 aliphatic rings. The van der Waals surface area contributed by atoms with Gasteiger partial charge in [-0.15, -0.1) is 0 Å². The number of nitrogens with zero attached hydrogens (tertiary/aromatic N) is 3. The molecule has 5 heteroatoms. The summed E-state index contributed by atoms with van der Waals surface area (Å²) in [6.07, 6.45) is 3.81. The van der Waals surface area contributed by atoms with Gasteiger partial charge in [-0.25, -0.2) is 9.97 Å². The zero-order valence-corrected chi connectivity index (χ0v) is 10.3. The SMILES string of the molecule is CCN(CC)C(=O)c1cc(NC2CC2)ncn1. The van der Waals surface area contributed by atoms with Crippen LogP contribution in [0.2, 0.25) is 0 Å². The molecule has 1 aliphatic carbocycles. The highest BCUT2D eigenvalue weighted by Crippen LogP contribution is 2.23. The first-order valence-corrected chi connectivity index (χ1v) is 6.12. The van der Waals surface area contributed by atoms with E-state index in [0.29, 0.717) is 24.8 Å². The molecule has 92 valence electrons. The Bertz CT molecular complexity index is 399. The lowest BCUT2D eigenvalue weighted by Crippen LogP contribution is -2.31. The van der Waals surface area contributed by atoms with Crippen molar-refractivity contribution in [1.82, 2.24) is 14.9 Å². The lowest BCUT2D eigenvalue weighted by molar-refractivity contribution is 0.0767. The third-order valence-corrected chi connectivity index (χ3v) is 2.87. The first kappa shape index (κ1) is 11.8. The monoisotopic (exact) mass is 234 g/mol. The van der Waals surface area contributed by atoms with Gasteiger partial charge in [-0.2, -0.15) is 0 Å². The van der Waals surface area contributed by atoms with Gasteiger partial charge in [0.15, 0.2) is 0 Å². The van der Waals surface area contributed by atoms with Crippen LogP contribution in [-0.4, -0.2) is 39.9 Å². The average molecular weight is 234 g/mol. The van der Waals surface area contributed by atoms with Crippen molar-refractivity contribution in [1.29, 1.82) is 0 Å². The summed E-state index contributed by atoms with van der Waals surface area (Å²) in [6, 6.07) is 2.26. The van der Waals surface area contributed by atoms with Crippen molar-refractivity contribution in [2.75, 3.05) is 18.4 Å². The number of hydrogen-bond acceptors (Lipinski definition) is 4. The van der Waals surface area contributed by atoms with Crippen LogP contribution in [0.4, 0.5) is 5.82 Å². The van der Waals surface area contributed by atoms with Gasteiger partial charge in [-0.05, 0) is 26.7 Å². The molecule has 2 rings (SSSR count). The maximum Gasteiger partial charge on any atom is 0.272 e. The van der Waals surface area contributed by atoms with Crippen LogP contribution in [0.1, 0.15) is 37.2 Å². The molecule has 1 aromatic heterocycles. The minimum absolute atomic E-state index is 0.0313. The second kappa shape index (κ2) is 5.12. The van der Waals surface area contributed by atoms with Crippen LogP contribution >= 0.6 is 0 Å². The fourth-order valence-electron chi connectivity index (χ4n) is 1.66. The molecule has 1 saturated carbocycles. The van der Waals surface area contributed by atoms with Gasteiger partial charge in [0.2, 0.25) is 0 Å². The van der Waals surface area contributed by atoms with Crippen molar-refractivity contribution in [2.45, 2.75) is 32.7 Å². The molecule has 0 radical (unpaired) electrons. The molecule has 0 saturated heterocycles. The van der Waals surface area contributed by atoms with E-state index in [1.54, 1.807) is 11.0 Å². The minimum atomic E-state index is -0.0313. The first-order chi connectivity index (χ1) is 8.24. The van der Waals surface area contributed by atoms with E-state index in [-0.39, 0.29) is 5.91 Å². The molecule has 1 amide bonds. The predicted molar refractivity (Wildman–Crippen MR) is 65.9 cm³/mol. The number of rotatable bonds is 5. The first-order valence-electron chi connectivity index (χ1n) is 6.12. The van der Waals surface area contributed by atoms with Gasteiger partial charge < -0.3 is 10.2 Å². The van der Waals surface area contributed by atoms with Crippen LogP contribution in [0.25, 0.3) is 0 Å². The van der Waals surface area contributed by atoms with Gasteiger partial charge in [0.05, 0.1) is 0 Å². The van der Waals surface area contributed by atoms with Crippen molar-refractivity contribution in [3.05, 3.63) is 18.1 Å². The molecule has 0 aromatic carbocycles. The van der Waals surface area contributed by atoms with Crippen LogP contribution in [-0.2, 0) is 0 Å². The smallest absolute Gasteiger partial charge is 0.272 e. The van der Waals surface area contributed by atoms with E-state index >= 15 is 0 Å². The van der Waals surface area contributed by atoms with E-state index in [0.717, 1.165) is 5.82 Å². The van der Waals surface area contributed by atoms with Crippen molar-refractivity contribution in [3.8, 4) is 0 Å². The fraction of sp³-hybridized carbons (Fsp3) is 0.583. The molecule has 17 heavy (non-hydrogen) atoms. The normalized spacial score (nSPS) is 14.5. The van der Waals surface area contributed by atoms with Gasteiger partial charge in [-0.3, -0.25) is 4.79 Å². The molecule has 0 atom stereocenters. The van der Waals surface area contributed by atoms with E-state index in [1.165, 1.54) is 19.2 Å². The van der Waals surface area contributed by atoms with Crippen LogP contribution in [0.15, 0.2) is 12.4 Å². The molecule has 1 fully saturated rings. The third-order valence-electron chi connectivity index (χ3n) is 2.87. The number of amides is 1. The Balaban J connectivity index is 2.10. The van der Waals surface area contributed by atoms with Gasteiger partial charge in [0.1, 0.15) is 17.8 Å². The molecule has 0 aliphatic heterocycles. The summed E-state index contributed by atoms with van der Waals surface area (Å²) in [4.78, 5) is 22.0. The summed E-state index contributed by atoms with van der Waals surface area (Å²) in [6.45, 7) is 5.33. The zero-order chi connectivity index (χ0) is 12.3. The molecule has 1 heterocycles. The Hall–Kier alpha value is -1.65. The highest BCUT2D eigenvalue weighted by atomic mass is 16.2. The van der Waals surface area contributed by atoms with E-state index < -0.39 is 0 Å². The molecule has 1 aromatic rings. The van der Waals surface area contributed by atoms with E-state index in [2.05, 4.69) is 15.3 Å². The number of carbonyl (C=O) groups excluding carboxylic acids is 1. The maximum atomic E-state index is 12.1. The van der Waals surface area contributed by atoms with Crippen molar-refractivity contribution in [2.24, 2.45) is 0 Å². The molecule has 0 unspecified atom stereocenters. The summed E-state index contributed by atoms with van der Waals surface area (Å²) in [7, 11) is 0. The van der Waals surface area contributed by atoms with Crippen molar-refractivity contribution in [3.63, 3.8) is 0 Å². The molecule has 5 nitrogen and oxygen atoms in total. The Morgan fingerprint density at radius 1 is 1.41 bits per heavy atom. The van der Waals surface area contributed by atoms with Crippen LogP contribution < -0.4 is 5.32 Å². The summed E-state index contributed by atoms with van der Waals surface area (Å²) in [5.41, 5.74) is 0.465. The van der Waals surface area contributed by atoms with Gasteiger partial charge in [0.25, 0.3) is 5.91 Å². The van der Waals surface area contributed by atoms with Crippen molar-refractivity contribution < 1.29 is 4.79 Å². The molecular weight excluding hydrogens is 216 g/mol. The van der Waals surface area contributed by atoms with Gasteiger partial charge >= 0.3 is 0 Å². The maximum absolute atomic E-state index is 12.1. The van der Waals surface area contributed by atoms with E-state index in [1.807, 2.05) is 13.8 Å². The predicted octanol–water partition coefficient (Wildman–Crippen LogP) is 1.53. The zero-order valence-electron chi connectivity index (χ0n) is 10.3. The Morgan fingerprint density at radius 3 is 2.71 bits per heavy atom. The Morgan fingerprint density at radius 2 is 2.12 bits per heavy atom. The minimum Gasteiger partial charge on any atom is -0.367 e. The summed E-state index contributed by atoms with van der Waals surface area (Å²) in [5, 5.41) is 3.26. The average Bonchev–Trinajstić information content (AvgIpc) is 3.15. The molecule has 0 spiro atoms. The van der Waals surface area contributed by atoms with Crippen LogP contribution in [0.3, 0.4) is 0 Å². The number of anilines is 1. The van der Waals surface area contributed by atoms with Gasteiger partial charge in [0, 0.05) is 25.2 Å². The standard InChI is InChI=1S/C12H18N4O/c1-3-16(4-2)12(17)10-7-11(14-8-13-10)15-9-5-6-9/h7-9H,3-6H2,1-2H3,(H,13,14,15). The third kappa shape index (κ3) is 2.93. The number of aromatic nitrogens is 2. The molecule has 1 N–H and O–H groups in total. The number of carbonyl (C=O) groups is 1. The largest absolute Gasteiger partial charge is 0.367 e. The Labute approximate surface area is 101 Å². The van der Waals surface area contributed by atoms with Gasteiger partial charge in [-0.1, -0.05) is 0 Å². The topological polar surface area (TPSA) is 58.1 Å². The fourth-order valence-corrected chi connectivity index (χ4v) is 1.66. The van der Waals surface area contributed by atoms with Crippen LogP contribution in [0, 0.1) is 0 Å². The number of nitrogens with one attached hydrogen (secondary N) is 1. The van der Waals surface area contributed by atoms with Crippen LogP contribution in [0.5, 0.6) is 0 Å². The van der Waals surface area contributed by atoms with E-state index in [4.69, 9.17) is 0 Å². The number of hydrogen-bond donors (Lipinski definition) is 1. The molecular formula is C12H18N4O. The lowest BCUT2D eigenvalue weighted by Gasteiger charge is -2.18. The summed E-state index contributed by atoms with van der Waals surface area (Å²) >= 11 is 0. The van der Waals surface area contributed by atoms with E-state index in [9.17, 15) is 4.79 Å².